The summed E-state index contributed by atoms with van der Waals surface area (Å²) in [5.74, 6) is 0.753. The Balaban J connectivity index is 1.85. The van der Waals surface area contributed by atoms with Gasteiger partial charge in [-0.15, -0.1) is 0 Å². The minimum atomic E-state index is -0.247. The average Bonchev–Trinajstić information content (AvgIpc) is 3.25. The number of fused-ring (bicyclic) bond motifs is 3. The lowest BCUT2D eigenvalue weighted by Crippen LogP contribution is -2.36. The molecule has 3 aromatic rings. The van der Waals surface area contributed by atoms with E-state index < -0.39 is 0 Å². The van der Waals surface area contributed by atoms with E-state index in [4.69, 9.17) is 4.42 Å². The van der Waals surface area contributed by atoms with Crippen molar-refractivity contribution in [1.82, 2.24) is 19.2 Å². The molecule has 0 bridgehead atoms. The predicted molar refractivity (Wildman–Crippen MR) is 94.7 cm³/mol. The number of aryl methyl sites for hydroxylation is 1. The van der Waals surface area contributed by atoms with Crippen molar-refractivity contribution in [3.63, 3.8) is 0 Å². The molecule has 0 atom stereocenters. The van der Waals surface area contributed by atoms with Gasteiger partial charge in [-0.1, -0.05) is 0 Å². The van der Waals surface area contributed by atoms with Gasteiger partial charge in [-0.3, -0.25) is 9.59 Å². The largest absolute Gasteiger partial charge is 0.459 e. The lowest BCUT2D eigenvalue weighted by Gasteiger charge is -2.16. The highest BCUT2D eigenvalue weighted by molar-refractivity contribution is 6.04. The van der Waals surface area contributed by atoms with E-state index in [0.717, 1.165) is 37.2 Å². The predicted octanol–water partition coefficient (Wildman–Crippen LogP) is 2.46. The molecule has 7 heteroatoms. The van der Waals surface area contributed by atoms with Gasteiger partial charge in [0.15, 0.2) is 5.58 Å². The highest BCUT2D eigenvalue weighted by Crippen LogP contribution is 2.31. The highest BCUT2D eigenvalue weighted by atomic mass is 16.3. The first-order valence-electron chi connectivity index (χ1n) is 8.75. The molecule has 25 heavy (non-hydrogen) atoms. The number of nitrogens with zero attached hydrogens (tertiary/aromatic N) is 4. The fraction of sp³-hybridized carbons (Fsp3) is 0.500. The lowest BCUT2D eigenvalue weighted by molar-refractivity contribution is -0.131. The smallest absolute Gasteiger partial charge is 0.291 e. The number of aromatic nitrogens is 3. The maximum atomic E-state index is 13.0. The number of hydrogen-bond donors (Lipinski definition) is 0. The van der Waals surface area contributed by atoms with E-state index in [1.165, 1.54) is 4.68 Å². The Hall–Kier alpha value is -2.57. The van der Waals surface area contributed by atoms with Gasteiger partial charge in [-0.25, -0.2) is 4.68 Å². The minimum absolute atomic E-state index is 0.0154. The molecule has 3 aromatic heterocycles. The van der Waals surface area contributed by atoms with Crippen molar-refractivity contribution in [1.29, 1.82) is 0 Å². The number of furan rings is 1. The van der Waals surface area contributed by atoms with Crippen LogP contribution in [0.1, 0.15) is 38.5 Å². The van der Waals surface area contributed by atoms with Crippen molar-refractivity contribution in [2.45, 2.75) is 46.2 Å². The van der Waals surface area contributed by atoms with E-state index in [-0.39, 0.29) is 24.1 Å². The van der Waals surface area contributed by atoms with Crippen LogP contribution in [-0.2, 0) is 11.3 Å². The molecule has 1 aliphatic rings. The van der Waals surface area contributed by atoms with Crippen LogP contribution in [0.2, 0.25) is 0 Å². The number of likely N-dealkylation sites (tertiary alicyclic amines) is 1. The summed E-state index contributed by atoms with van der Waals surface area (Å²) in [5, 5.41) is 4.93. The minimum Gasteiger partial charge on any atom is -0.459 e. The van der Waals surface area contributed by atoms with Crippen molar-refractivity contribution in [2.75, 3.05) is 13.1 Å². The van der Waals surface area contributed by atoms with E-state index in [9.17, 15) is 9.59 Å². The van der Waals surface area contributed by atoms with E-state index in [1.54, 1.807) is 11.1 Å². The van der Waals surface area contributed by atoms with E-state index in [0.29, 0.717) is 16.5 Å². The third-order valence-electron chi connectivity index (χ3n) is 4.86. The number of rotatable bonds is 3. The average molecular weight is 342 g/mol. The molecule has 1 fully saturated rings. The molecular weight excluding hydrogens is 320 g/mol. The molecule has 7 nitrogen and oxygen atoms in total. The second-order valence-corrected chi connectivity index (χ2v) is 6.99. The van der Waals surface area contributed by atoms with Crippen LogP contribution in [0.5, 0.6) is 0 Å². The molecule has 1 saturated heterocycles. The first kappa shape index (κ1) is 15.9. The first-order valence-corrected chi connectivity index (χ1v) is 8.75. The standard InChI is InChI=1S/C18H22N4O3/c1-11(2)22-14-8-12(3)25-17(14)13-9-19-21(18(24)16(13)22)10-15(23)20-6-4-5-7-20/h8-9,11H,4-7,10H2,1-3H3. The van der Waals surface area contributed by atoms with Crippen LogP contribution >= 0.6 is 0 Å². The molecule has 1 amide bonds. The van der Waals surface area contributed by atoms with Gasteiger partial charge in [0.1, 0.15) is 17.8 Å². The maximum Gasteiger partial charge on any atom is 0.291 e. The summed E-state index contributed by atoms with van der Waals surface area (Å²) in [6, 6.07) is 2.03. The summed E-state index contributed by atoms with van der Waals surface area (Å²) < 4.78 is 9.03. The number of amides is 1. The second-order valence-electron chi connectivity index (χ2n) is 6.99. The van der Waals surface area contributed by atoms with Crippen molar-refractivity contribution in [3.8, 4) is 0 Å². The summed E-state index contributed by atoms with van der Waals surface area (Å²) in [7, 11) is 0. The Kier molecular flexibility index (Phi) is 3.67. The van der Waals surface area contributed by atoms with Gasteiger partial charge in [0, 0.05) is 25.2 Å². The summed E-state index contributed by atoms with van der Waals surface area (Å²) in [6.07, 6.45) is 3.69. The normalized spacial score (nSPS) is 15.1. The van der Waals surface area contributed by atoms with E-state index >= 15 is 0 Å². The third kappa shape index (κ3) is 2.45. The van der Waals surface area contributed by atoms with Crippen LogP contribution in [-0.4, -0.2) is 38.2 Å². The summed E-state index contributed by atoms with van der Waals surface area (Å²) in [6.45, 7) is 7.47. The van der Waals surface area contributed by atoms with Gasteiger partial charge in [-0.05, 0) is 33.6 Å². The lowest BCUT2D eigenvalue weighted by atomic mass is 10.3. The maximum absolute atomic E-state index is 13.0. The van der Waals surface area contributed by atoms with Gasteiger partial charge in [0.2, 0.25) is 5.91 Å². The summed E-state index contributed by atoms with van der Waals surface area (Å²) in [5.41, 5.74) is 1.88. The zero-order chi connectivity index (χ0) is 17.7. The zero-order valence-corrected chi connectivity index (χ0v) is 14.8. The quantitative estimate of drug-likeness (QED) is 0.733. The molecule has 0 unspecified atom stereocenters. The molecule has 0 aliphatic carbocycles. The van der Waals surface area contributed by atoms with Crippen molar-refractivity contribution < 1.29 is 9.21 Å². The highest BCUT2D eigenvalue weighted by Gasteiger charge is 2.23. The fourth-order valence-corrected chi connectivity index (χ4v) is 3.71. The van der Waals surface area contributed by atoms with Crippen molar-refractivity contribution >= 4 is 27.9 Å². The molecule has 0 spiro atoms. The first-order chi connectivity index (χ1) is 12.0. The fourth-order valence-electron chi connectivity index (χ4n) is 3.71. The van der Waals surface area contributed by atoms with Crippen LogP contribution in [0.3, 0.4) is 0 Å². The van der Waals surface area contributed by atoms with Gasteiger partial charge in [-0.2, -0.15) is 5.10 Å². The number of hydrogen-bond acceptors (Lipinski definition) is 4. The van der Waals surface area contributed by atoms with Gasteiger partial charge >= 0.3 is 0 Å². The third-order valence-corrected chi connectivity index (χ3v) is 4.86. The SMILES string of the molecule is Cc1cc2c(o1)c1cnn(CC(=O)N3CCCC3)c(=O)c1n2C(C)C. The molecule has 4 rings (SSSR count). The topological polar surface area (TPSA) is 73.3 Å². The number of carbonyl (C=O) groups is 1. The Labute approximate surface area is 144 Å². The van der Waals surface area contributed by atoms with Gasteiger partial charge in [0.25, 0.3) is 5.56 Å². The van der Waals surface area contributed by atoms with Crippen LogP contribution in [0.15, 0.2) is 21.5 Å². The van der Waals surface area contributed by atoms with E-state index in [2.05, 4.69) is 5.10 Å². The second kappa shape index (κ2) is 5.75. The van der Waals surface area contributed by atoms with Crippen LogP contribution in [0.4, 0.5) is 0 Å². The van der Waals surface area contributed by atoms with E-state index in [1.807, 2.05) is 31.4 Å². The molecule has 0 radical (unpaired) electrons. The molecule has 0 aromatic carbocycles. The summed E-state index contributed by atoms with van der Waals surface area (Å²) in [4.78, 5) is 27.2. The van der Waals surface area contributed by atoms with Gasteiger partial charge in [0.05, 0.1) is 17.1 Å². The van der Waals surface area contributed by atoms with Crippen LogP contribution < -0.4 is 5.56 Å². The Morgan fingerprint density at radius 1 is 1.32 bits per heavy atom. The molecule has 4 heterocycles. The summed E-state index contributed by atoms with van der Waals surface area (Å²) >= 11 is 0. The molecule has 0 N–H and O–H groups in total. The Morgan fingerprint density at radius 3 is 2.72 bits per heavy atom. The van der Waals surface area contributed by atoms with Crippen molar-refractivity contribution in [3.05, 3.63) is 28.4 Å². The molecule has 0 saturated carbocycles. The monoisotopic (exact) mass is 342 g/mol. The number of carbonyl (C=O) groups excluding carboxylic acids is 1. The molecule has 132 valence electrons. The van der Waals surface area contributed by atoms with Crippen LogP contribution in [0, 0.1) is 6.92 Å². The van der Waals surface area contributed by atoms with Crippen LogP contribution in [0.25, 0.3) is 22.0 Å². The zero-order valence-electron chi connectivity index (χ0n) is 14.8. The van der Waals surface area contributed by atoms with Crippen molar-refractivity contribution in [2.24, 2.45) is 0 Å². The molecular formula is C18H22N4O3. The molecule has 1 aliphatic heterocycles. The Bertz CT molecular complexity index is 1020. The van der Waals surface area contributed by atoms with Gasteiger partial charge < -0.3 is 13.9 Å². The Morgan fingerprint density at radius 2 is 2.04 bits per heavy atom.